The van der Waals surface area contributed by atoms with Gasteiger partial charge in [-0.25, -0.2) is 4.98 Å². The van der Waals surface area contributed by atoms with Crippen LogP contribution in [-0.2, 0) is 10.9 Å². The third-order valence-electron chi connectivity index (χ3n) is 1.54. The summed E-state index contributed by atoms with van der Waals surface area (Å²) < 4.78 is 4.56. The van der Waals surface area contributed by atoms with E-state index in [2.05, 4.69) is 33.9 Å². The SMILES string of the molecule is CC/C=C\[p+]1cccnc1COCl. The first-order valence-electron chi connectivity index (χ1n) is 4.13. The summed E-state index contributed by atoms with van der Waals surface area (Å²) in [6.07, 6.45) is 4.96. The quantitative estimate of drug-likeness (QED) is 0.762. The Bertz CT molecular complexity index is 291. The van der Waals surface area contributed by atoms with Gasteiger partial charge in [0, 0.05) is 6.20 Å². The summed E-state index contributed by atoms with van der Waals surface area (Å²) in [5.41, 5.74) is 1.01. The normalized spacial score (nSPS) is 12.3. The molecule has 0 bridgehead atoms. The van der Waals surface area contributed by atoms with E-state index in [9.17, 15) is 0 Å². The fourth-order valence-electron chi connectivity index (χ4n) is 0.928. The molecule has 1 aromatic heterocycles. The standard InChI is InChI=1S/C9H12ClNOP/c1-2-3-6-13-7-4-5-11-9(13)8-12-10/h3-7H,2,8H2,1H3/q+1/b6-3-. The number of hydrogen-bond donors (Lipinski definition) is 0. The molecule has 1 unspecified atom stereocenters. The van der Waals surface area contributed by atoms with Crippen molar-refractivity contribution in [1.29, 1.82) is 0 Å². The zero-order valence-corrected chi connectivity index (χ0v) is 9.13. The van der Waals surface area contributed by atoms with Crippen molar-refractivity contribution < 1.29 is 4.29 Å². The molecule has 0 aliphatic carbocycles. The lowest BCUT2D eigenvalue weighted by atomic mass is 10.5. The largest absolute Gasteiger partial charge is 0.268 e. The van der Waals surface area contributed by atoms with Crippen LogP contribution in [0.5, 0.6) is 0 Å². The van der Waals surface area contributed by atoms with Gasteiger partial charge in [0.25, 0.3) is 0 Å². The first-order valence-corrected chi connectivity index (χ1v) is 5.92. The van der Waals surface area contributed by atoms with Crippen LogP contribution in [0.1, 0.15) is 18.8 Å². The van der Waals surface area contributed by atoms with E-state index in [-0.39, 0.29) is 0 Å². The molecule has 0 amide bonds. The summed E-state index contributed by atoms with van der Waals surface area (Å²) >= 11 is 5.20. The molecular formula is C9H12ClNOP+. The van der Waals surface area contributed by atoms with Crippen LogP contribution < -0.4 is 0 Å². The number of halogens is 1. The molecule has 13 heavy (non-hydrogen) atoms. The van der Waals surface area contributed by atoms with E-state index >= 15 is 0 Å². The van der Waals surface area contributed by atoms with Gasteiger partial charge in [-0.15, -0.1) is 0 Å². The van der Waals surface area contributed by atoms with E-state index in [1.54, 1.807) is 6.20 Å². The average molecular weight is 217 g/mol. The second-order valence-electron chi connectivity index (χ2n) is 2.49. The van der Waals surface area contributed by atoms with Gasteiger partial charge in [0.2, 0.25) is 5.43 Å². The van der Waals surface area contributed by atoms with E-state index in [4.69, 9.17) is 11.9 Å². The van der Waals surface area contributed by atoms with Gasteiger partial charge in [-0.3, -0.25) is 4.29 Å². The molecule has 0 saturated heterocycles. The number of nitrogens with zero attached hydrogens (tertiary/aromatic N) is 1. The first-order chi connectivity index (χ1) is 6.38. The maximum atomic E-state index is 5.20. The van der Waals surface area contributed by atoms with Crippen LogP contribution in [0.25, 0.3) is 5.82 Å². The maximum absolute atomic E-state index is 5.20. The summed E-state index contributed by atoms with van der Waals surface area (Å²) in [5.74, 6) is 4.31. The summed E-state index contributed by atoms with van der Waals surface area (Å²) in [7, 11) is -0.399. The Morgan fingerprint density at radius 2 is 2.54 bits per heavy atom. The van der Waals surface area contributed by atoms with Crippen LogP contribution in [0.2, 0.25) is 0 Å². The summed E-state index contributed by atoms with van der Waals surface area (Å²) in [6, 6.07) is 1.96. The highest BCUT2D eigenvalue weighted by atomic mass is 35.5. The van der Waals surface area contributed by atoms with Gasteiger partial charge in [0.15, 0.2) is 14.1 Å². The highest BCUT2D eigenvalue weighted by Gasteiger charge is 2.11. The molecule has 0 radical (unpaired) electrons. The fraction of sp³-hybridized carbons (Fsp3) is 0.333. The van der Waals surface area contributed by atoms with E-state index in [0.29, 0.717) is 6.61 Å². The lowest BCUT2D eigenvalue weighted by Crippen LogP contribution is -1.85. The number of hydrogen-bond acceptors (Lipinski definition) is 2. The van der Waals surface area contributed by atoms with E-state index in [0.717, 1.165) is 11.8 Å². The fourth-order valence-corrected chi connectivity index (χ4v) is 2.67. The molecule has 1 rings (SSSR count). The van der Waals surface area contributed by atoms with Crippen molar-refractivity contribution in [3.8, 4) is 0 Å². The second-order valence-corrected chi connectivity index (χ2v) is 4.63. The second kappa shape index (κ2) is 6.09. The lowest BCUT2D eigenvalue weighted by molar-refractivity contribution is 0.339. The van der Waals surface area contributed by atoms with Crippen LogP contribution in [-0.4, -0.2) is 4.98 Å². The highest BCUT2D eigenvalue weighted by Crippen LogP contribution is 2.33. The Morgan fingerprint density at radius 3 is 3.23 bits per heavy atom. The van der Waals surface area contributed by atoms with Gasteiger partial charge >= 0.3 is 0 Å². The Hall–Kier alpha value is -0.430. The molecule has 1 atom stereocenters. The molecule has 1 aromatic rings. The summed E-state index contributed by atoms with van der Waals surface area (Å²) in [6.45, 7) is 2.52. The molecule has 0 aliphatic heterocycles. The summed E-state index contributed by atoms with van der Waals surface area (Å²) in [5, 5.41) is 0. The third kappa shape index (κ3) is 3.43. The molecule has 70 valence electrons. The minimum absolute atomic E-state index is 0.399. The van der Waals surface area contributed by atoms with Gasteiger partial charge in [-0.2, -0.15) is 0 Å². The Balaban J connectivity index is 2.84. The van der Waals surface area contributed by atoms with Gasteiger partial charge in [-0.05, 0) is 18.6 Å². The molecule has 0 fully saturated rings. The lowest BCUT2D eigenvalue weighted by Gasteiger charge is -1.90. The van der Waals surface area contributed by atoms with Crippen molar-refractivity contribution in [3.63, 3.8) is 0 Å². The predicted molar refractivity (Wildman–Crippen MR) is 57.6 cm³/mol. The zero-order chi connectivity index (χ0) is 9.52. The van der Waals surface area contributed by atoms with Crippen LogP contribution in [0.15, 0.2) is 24.1 Å². The molecule has 0 saturated carbocycles. The van der Waals surface area contributed by atoms with Crippen LogP contribution in [0.3, 0.4) is 0 Å². The number of aromatic nitrogens is 1. The molecule has 1 heterocycles. The van der Waals surface area contributed by atoms with E-state index < -0.39 is 7.53 Å². The molecule has 4 heteroatoms. The van der Waals surface area contributed by atoms with E-state index in [1.165, 1.54) is 0 Å². The van der Waals surface area contributed by atoms with Crippen molar-refractivity contribution in [3.05, 3.63) is 29.6 Å². The number of rotatable bonds is 4. The molecular weight excluding hydrogens is 205 g/mol. The Kier molecular flexibility index (Phi) is 4.99. The van der Waals surface area contributed by atoms with Crippen LogP contribution >= 0.6 is 19.4 Å². The topological polar surface area (TPSA) is 22.1 Å². The molecule has 0 aromatic carbocycles. The average Bonchev–Trinajstić information content (AvgIpc) is 2.17. The van der Waals surface area contributed by atoms with Crippen molar-refractivity contribution in [2.45, 2.75) is 20.0 Å². The van der Waals surface area contributed by atoms with Gasteiger partial charge in [0.05, 0.1) is 11.9 Å². The minimum atomic E-state index is -0.399. The third-order valence-corrected chi connectivity index (χ3v) is 3.51. The minimum Gasteiger partial charge on any atom is -0.268 e. The molecule has 0 N–H and O–H groups in total. The predicted octanol–water partition coefficient (Wildman–Crippen LogP) is 3.90. The monoisotopic (exact) mass is 216 g/mol. The molecule has 2 nitrogen and oxygen atoms in total. The maximum Gasteiger partial charge on any atom is 0.247 e. The smallest absolute Gasteiger partial charge is 0.247 e. The summed E-state index contributed by atoms with van der Waals surface area (Å²) in [4.78, 5) is 4.23. The zero-order valence-electron chi connectivity index (χ0n) is 7.48. The van der Waals surface area contributed by atoms with Crippen molar-refractivity contribution >= 4 is 25.2 Å². The highest BCUT2D eigenvalue weighted by molar-refractivity contribution is 7.58. The van der Waals surface area contributed by atoms with Gasteiger partial charge in [-0.1, -0.05) is 6.92 Å². The van der Waals surface area contributed by atoms with Crippen molar-refractivity contribution in [2.24, 2.45) is 0 Å². The van der Waals surface area contributed by atoms with Crippen LogP contribution in [0, 0.1) is 0 Å². The van der Waals surface area contributed by atoms with E-state index in [1.807, 2.05) is 6.07 Å². The molecule has 0 aliphatic rings. The number of allylic oxidation sites excluding steroid dienone is 1. The van der Waals surface area contributed by atoms with Crippen molar-refractivity contribution in [1.82, 2.24) is 4.98 Å². The van der Waals surface area contributed by atoms with Crippen molar-refractivity contribution in [2.75, 3.05) is 0 Å². The first kappa shape index (κ1) is 10.6. The Labute approximate surface area is 84.5 Å². The van der Waals surface area contributed by atoms with Gasteiger partial charge in [0.1, 0.15) is 11.6 Å². The van der Waals surface area contributed by atoms with Gasteiger partial charge < -0.3 is 0 Å². The Morgan fingerprint density at radius 1 is 1.69 bits per heavy atom. The molecule has 0 spiro atoms. The van der Waals surface area contributed by atoms with Crippen LogP contribution in [0.4, 0.5) is 0 Å².